The van der Waals surface area contributed by atoms with Crippen LogP contribution in [0.25, 0.3) is 0 Å². The van der Waals surface area contributed by atoms with E-state index in [1.165, 1.54) is 22.9 Å². The van der Waals surface area contributed by atoms with Gasteiger partial charge >= 0.3 is 0 Å². The Labute approximate surface area is 170 Å². The topological polar surface area (TPSA) is 57.4 Å². The average molecular weight is 399 g/mol. The van der Waals surface area contributed by atoms with E-state index in [0.29, 0.717) is 17.7 Å². The number of aromatic nitrogens is 2. The summed E-state index contributed by atoms with van der Waals surface area (Å²) in [5.74, 6) is 3.10. The van der Waals surface area contributed by atoms with Crippen molar-refractivity contribution in [1.29, 1.82) is 0 Å². The maximum Gasteiger partial charge on any atom is 0.276 e. The first-order valence-electron chi connectivity index (χ1n) is 9.36. The minimum Gasteiger partial charge on any atom is -0.494 e. The molecule has 0 fully saturated rings. The van der Waals surface area contributed by atoms with Crippen LogP contribution >= 0.6 is 11.8 Å². The van der Waals surface area contributed by atoms with Crippen LogP contribution in [0.3, 0.4) is 0 Å². The summed E-state index contributed by atoms with van der Waals surface area (Å²) in [7, 11) is 0. The van der Waals surface area contributed by atoms with Crippen molar-refractivity contribution in [1.82, 2.24) is 10.2 Å². The van der Waals surface area contributed by atoms with Crippen molar-refractivity contribution in [2.24, 2.45) is 0 Å². The first-order chi connectivity index (χ1) is 13.5. The summed E-state index contributed by atoms with van der Waals surface area (Å²) in [5.41, 5.74) is 4.67. The van der Waals surface area contributed by atoms with Gasteiger partial charge in [-0.05, 0) is 74.6 Å². The quantitative estimate of drug-likeness (QED) is 0.353. The molecule has 3 aromatic rings. The number of aryl methyl sites for hydroxylation is 4. The minimum atomic E-state index is 0.272. The molecule has 1 aromatic heterocycles. The van der Waals surface area contributed by atoms with E-state index in [1.54, 1.807) is 0 Å². The summed E-state index contributed by atoms with van der Waals surface area (Å²) in [6.45, 7) is 9.14. The smallest absolute Gasteiger partial charge is 0.276 e. The van der Waals surface area contributed by atoms with E-state index in [4.69, 9.17) is 13.9 Å². The molecule has 0 aliphatic rings. The van der Waals surface area contributed by atoms with E-state index in [9.17, 15) is 0 Å². The van der Waals surface area contributed by atoms with Crippen LogP contribution < -0.4 is 9.47 Å². The zero-order valence-electron chi connectivity index (χ0n) is 16.8. The summed E-state index contributed by atoms with van der Waals surface area (Å²) in [5, 5.41) is 8.69. The number of rotatable bonds is 9. The van der Waals surface area contributed by atoms with Gasteiger partial charge in [0.15, 0.2) is 6.61 Å². The molecular weight excluding hydrogens is 372 g/mol. The molecule has 1 heterocycles. The van der Waals surface area contributed by atoms with Crippen molar-refractivity contribution in [2.45, 2.75) is 45.9 Å². The molecule has 0 aliphatic carbocycles. The molecule has 0 unspecified atom stereocenters. The van der Waals surface area contributed by atoms with Gasteiger partial charge in [0.25, 0.3) is 11.1 Å². The molecule has 0 aliphatic heterocycles. The zero-order chi connectivity index (χ0) is 19.9. The maximum atomic E-state index is 5.82. The largest absolute Gasteiger partial charge is 0.494 e. The maximum absolute atomic E-state index is 5.82. The predicted molar refractivity (Wildman–Crippen MR) is 111 cm³/mol. The number of benzene rings is 2. The van der Waals surface area contributed by atoms with Crippen molar-refractivity contribution in [3.8, 4) is 11.5 Å². The first kappa shape index (κ1) is 20.3. The summed E-state index contributed by atoms with van der Waals surface area (Å²) in [6, 6.07) is 12.4. The van der Waals surface area contributed by atoms with Gasteiger partial charge in [-0.15, -0.1) is 10.2 Å². The van der Waals surface area contributed by atoms with Crippen LogP contribution in [-0.2, 0) is 6.61 Å². The Hall–Kier alpha value is -2.47. The molecule has 28 heavy (non-hydrogen) atoms. The average Bonchev–Trinajstić information content (AvgIpc) is 3.09. The summed E-state index contributed by atoms with van der Waals surface area (Å²) < 4.78 is 17.3. The molecule has 0 N–H and O–H groups in total. The van der Waals surface area contributed by atoms with Crippen LogP contribution in [0.5, 0.6) is 11.5 Å². The van der Waals surface area contributed by atoms with Crippen LogP contribution in [0.1, 0.15) is 34.6 Å². The van der Waals surface area contributed by atoms with Crippen LogP contribution in [0.15, 0.2) is 46.0 Å². The molecule has 0 atom stereocenters. The van der Waals surface area contributed by atoms with E-state index < -0.39 is 0 Å². The predicted octanol–water partition coefficient (Wildman–Crippen LogP) is 5.44. The van der Waals surface area contributed by atoms with Crippen LogP contribution in [0.2, 0.25) is 0 Å². The molecule has 0 saturated carbocycles. The van der Waals surface area contributed by atoms with Gasteiger partial charge in [0, 0.05) is 5.75 Å². The molecule has 0 bridgehead atoms. The number of thioether (sulfide) groups is 1. The Balaban J connectivity index is 1.39. The van der Waals surface area contributed by atoms with E-state index in [2.05, 4.69) is 48.3 Å². The lowest BCUT2D eigenvalue weighted by atomic mass is 10.1. The highest BCUT2D eigenvalue weighted by Crippen LogP contribution is 2.22. The number of ether oxygens (including phenoxy) is 2. The van der Waals surface area contributed by atoms with Crippen LogP contribution in [-0.4, -0.2) is 22.6 Å². The molecule has 0 amide bonds. The van der Waals surface area contributed by atoms with Gasteiger partial charge in [-0.2, -0.15) is 0 Å². The SMILES string of the molecule is Cc1cc(C)cc(OCCCSc2nnc(COc3cc(C)ccc3C)o2)c1. The highest BCUT2D eigenvalue weighted by atomic mass is 32.2. The molecule has 5 nitrogen and oxygen atoms in total. The molecule has 6 heteroatoms. The van der Waals surface area contributed by atoms with Crippen molar-refractivity contribution in [3.63, 3.8) is 0 Å². The third-order valence-corrected chi connectivity index (χ3v) is 5.03. The Bertz CT molecular complexity index is 904. The Morgan fingerprint density at radius 2 is 1.68 bits per heavy atom. The standard InChI is InChI=1S/C22H26N2O3S/c1-15-6-7-18(4)20(13-15)26-14-21-23-24-22(27-21)28-9-5-8-25-19-11-16(2)10-17(3)12-19/h6-7,10-13H,5,8-9,14H2,1-4H3. The highest BCUT2D eigenvalue weighted by Gasteiger charge is 2.09. The fourth-order valence-electron chi connectivity index (χ4n) is 2.78. The second-order valence-corrected chi connectivity index (χ2v) is 7.94. The molecule has 0 saturated heterocycles. The molecule has 0 spiro atoms. The normalized spacial score (nSPS) is 10.9. The fourth-order valence-corrected chi connectivity index (χ4v) is 3.47. The summed E-state index contributed by atoms with van der Waals surface area (Å²) >= 11 is 1.53. The molecular formula is C22H26N2O3S. The number of hydrogen-bond acceptors (Lipinski definition) is 6. The first-order valence-corrected chi connectivity index (χ1v) is 10.3. The zero-order valence-corrected chi connectivity index (χ0v) is 17.6. The second kappa shape index (κ2) is 9.64. The van der Waals surface area contributed by atoms with Crippen molar-refractivity contribution >= 4 is 11.8 Å². The lowest BCUT2D eigenvalue weighted by Gasteiger charge is -2.08. The van der Waals surface area contributed by atoms with Crippen molar-refractivity contribution in [2.75, 3.05) is 12.4 Å². The van der Waals surface area contributed by atoms with Crippen LogP contribution in [0.4, 0.5) is 0 Å². The lowest BCUT2D eigenvalue weighted by molar-refractivity contribution is 0.250. The Morgan fingerprint density at radius 1 is 0.893 bits per heavy atom. The monoisotopic (exact) mass is 398 g/mol. The lowest BCUT2D eigenvalue weighted by Crippen LogP contribution is -1.99. The molecule has 0 radical (unpaired) electrons. The van der Waals surface area contributed by atoms with E-state index in [1.807, 2.05) is 26.0 Å². The summed E-state index contributed by atoms with van der Waals surface area (Å²) in [6.07, 6.45) is 0.897. The van der Waals surface area contributed by atoms with Gasteiger partial charge in [0.1, 0.15) is 11.5 Å². The van der Waals surface area contributed by atoms with E-state index in [0.717, 1.165) is 34.8 Å². The summed E-state index contributed by atoms with van der Waals surface area (Å²) in [4.78, 5) is 0. The third-order valence-electron chi connectivity index (χ3n) is 4.12. The van der Waals surface area contributed by atoms with Gasteiger partial charge in [-0.3, -0.25) is 0 Å². The van der Waals surface area contributed by atoms with Gasteiger partial charge < -0.3 is 13.9 Å². The number of hydrogen-bond donors (Lipinski definition) is 0. The molecule has 2 aromatic carbocycles. The van der Waals surface area contributed by atoms with Gasteiger partial charge in [-0.1, -0.05) is 30.0 Å². The van der Waals surface area contributed by atoms with E-state index in [-0.39, 0.29) is 6.61 Å². The van der Waals surface area contributed by atoms with Crippen LogP contribution in [0, 0.1) is 27.7 Å². The van der Waals surface area contributed by atoms with Gasteiger partial charge in [-0.25, -0.2) is 0 Å². The van der Waals surface area contributed by atoms with Gasteiger partial charge in [0.05, 0.1) is 6.61 Å². The number of nitrogens with zero attached hydrogens (tertiary/aromatic N) is 2. The Morgan fingerprint density at radius 3 is 2.46 bits per heavy atom. The molecule has 148 valence electrons. The van der Waals surface area contributed by atoms with Crippen molar-refractivity contribution in [3.05, 3.63) is 64.5 Å². The Kier molecular flexibility index (Phi) is 6.98. The van der Waals surface area contributed by atoms with Gasteiger partial charge in [0.2, 0.25) is 0 Å². The minimum absolute atomic E-state index is 0.272. The van der Waals surface area contributed by atoms with Crippen molar-refractivity contribution < 1.29 is 13.9 Å². The highest BCUT2D eigenvalue weighted by molar-refractivity contribution is 7.99. The van der Waals surface area contributed by atoms with E-state index >= 15 is 0 Å². The fraction of sp³-hybridized carbons (Fsp3) is 0.364. The second-order valence-electron chi connectivity index (χ2n) is 6.89. The third kappa shape index (κ3) is 6.02. The molecule has 3 rings (SSSR count).